The highest BCUT2D eigenvalue weighted by molar-refractivity contribution is 6.10. The van der Waals surface area contributed by atoms with Gasteiger partial charge in [0.05, 0.1) is 11.2 Å². The second-order valence-electron chi connectivity index (χ2n) is 6.73. The number of aromatic nitrogens is 2. The minimum absolute atomic E-state index is 0.191. The molecular formula is C22H19FN2. The maximum absolute atomic E-state index is 13.8. The van der Waals surface area contributed by atoms with Gasteiger partial charge in [-0.25, -0.2) is 14.4 Å². The van der Waals surface area contributed by atoms with Gasteiger partial charge in [-0.2, -0.15) is 0 Å². The molecule has 3 heteroatoms. The molecule has 124 valence electrons. The summed E-state index contributed by atoms with van der Waals surface area (Å²) >= 11 is 0. The molecule has 0 radical (unpaired) electrons. The van der Waals surface area contributed by atoms with Crippen LogP contribution >= 0.6 is 0 Å². The molecule has 0 atom stereocenters. The van der Waals surface area contributed by atoms with Gasteiger partial charge < -0.3 is 0 Å². The summed E-state index contributed by atoms with van der Waals surface area (Å²) < 4.78 is 13.8. The van der Waals surface area contributed by atoms with E-state index in [1.54, 1.807) is 6.07 Å². The summed E-state index contributed by atoms with van der Waals surface area (Å²) in [5.41, 5.74) is 3.67. The van der Waals surface area contributed by atoms with Crippen molar-refractivity contribution in [3.05, 3.63) is 71.8 Å². The Balaban J connectivity index is 2.18. The highest BCUT2D eigenvalue weighted by Crippen LogP contribution is 2.34. The van der Waals surface area contributed by atoms with E-state index in [1.165, 1.54) is 23.1 Å². The number of hydrogen-bond acceptors (Lipinski definition) is 2. The molecular weight excluding hydrogens is 311 g/mol. The Kier molecular flexibility index (Phi) is 3.72. The quantitative estimate of drug-likeness (QED) is 0.420. The fraction of sp³-hybridized carbons (Fsp3) is 0.182. The van der Waals surface area contributed by atoms with Crippen molar-refractivity contribution in [3.63, 3.8) is 0 Å². The molecule has 0 N–H and O–H groups in total. The van der Waals surface area contributed by atoms with Crippen LogP contribution in [0.15, 0.2) is 54.6 Å². The molecule has 0 aliphatic rings. The van der Waals surface area contributed by atoms with E-state index in [-0.39, 0.29) is 11.7 Å². The smallest absolute Gasteiger partial charge is 0.132 e. The summed E-state index contributed by atoms with van der Waals surface area (Å²) in [5, 5.41) is 3.26. The summed E-state index contributed by atoms with van der Waals surface area (Å²) in [6.45, 7) is 6.24. The van der Waals surface area contributed by atoms with Crippen molar-refractivity contribution in [1.29, 1.82) is 0 Å². The number of hydrogen-bond donors (Lipinski definition) is 0. The third-order valence-corrected chi connectivity index (χ3v) is 4.55. The molecule has 0 aliphatic carbocycles. The van der Waals surface area contributed by atoms with E-state index >= 15 is 0 Å². The molecule has 1 aromatic heterocycles. The predicted octanol–water partition coefficient (Wildman–Crippen LogP) is 6.02. The number of benzene rings is 3. The monoisotopic (exact) mass is 330 g/mol. The van der Waals surface area contributed by atoms with Crippen LogP contribution in [0, 0.1) is 12.7 Å². The summed E-state index contributed by atoms with van der Waals surface area (Å²) in [7, 11) is 0. The Labute approximate surface area is 146 Å². The van der Waals surface area contributed by atoms with Gasteiger partial charge in [0.15, 0.2) is 0 Å². The average Bonchev–Trinajstić information content (AvgIpc) is 2.61. The number of fused-ring (bicyclic) bond motifs is 3. The molecule has 0 bridgehead atoms. The summed E-state index contributed by atoms with van der Waals surface area (Å²) in [6.07, 6.45) is 0. The van der Waals surface area contributed by atoms with Gasteiger partial charge in [-0.1, -0.05) is 50.2 Å². The standard InChI is InChI=1S/C22H19FN2/c1-13(2)22-24-20(15-7-6-8-16(23)12-15)19-11-14(3)17-9-4-5-10-18(17)21(19)25-22/h4-13H,1-3H3. The molecule has 0 unspecified atom stereocenters. The third-order valence-electron chi connectivity index (χ3n) is 4.55. The van der Waals surface area contributed by atoms with E-state index in [0.29, 0.717) is 0 Å². The summed E-state index contributed by atoms with van der Waals surface area (Å²) in [4.78, 5) is 9.63. The molecule has 1 heterocycles. The van der Waals surface area contributed by atoms with Crippen LogP contribution < -0.4 is 0 Å². The Morgan fingerprint density at radius 2 is 1.60 bits per heavy atom. The van der Waals surface area contributed by atoms with E-state index < -0.39 is 0 Å². The van der Waals surface area contributed by atoms with Crippen molar-refractivity contribution in [1.82, 2.24) is 9.97 Å². The largest absolute Gasteiger partial charge is 0.232 e. The number of nitrogens with zero attached hydrogens (tertiary/aromatic N) is 2. The first kappa shape index (κ1) is 15.7. The molecule has 0 saturated heterocycles. The van der Waals surface area contributed by atoms with Crippen molar-refractivity contribution in [2.75, 3.05) is 0 Å². The van der Waals surface area contributed by atoms with Gasteiger partial charge in [0.2, 0.25) is 0 Å². The van der Waals surface area contributed by atoms with Gasteiger partial charge >= 0.3 is 0 Å². The van der Waals surface area contributed by atoms with Gasteiger partial charge in [-0.15, -0.1) is 0 Å². The molecule has 25 heavy (non-hydrogen) atoms. The van der Waals surface area contributed by atoms with Gasteiger partial charge in [0.1, 0.15) is 11.6 Å². The second-order valence-corrected chi connectivity index (χ2v) is 6.73. The lowest BCUT2D eigenvalue weighted by atomic mass is 9.97. The van der Waals surface area contributed by atoms with Crippen LogP contribution in [0.4, 0.5) is 4.39 Å². The molecule has 0 amide bonds. The SMILES string of the molecule is Cc1cc2c(-c3cccc(F)c3)nc(C(C)C)nc2c2ccccc12. The van der Waals surface area contributed by atoms with E-state index in [9.17, 15) is 4.39 Å². The molecule has 0 fully saturated rings. The number of halogens is 1. The normalized spacial score (nSPS) is 11.6. The molecule has 4 aromatic rings. The van der Waals surface area contributed by atoms with E-state index in [2.05, 4.69) is 39.0 Å². The predicted molar refractivity (Wildman–Crippen MR) is 101 cm³/mol. The van der Waals surface area contributed by atoms with Gasteiger partial charge in [0.25, 0.3) is 0 Å². The van der Waals surface area contributed by atoms with Gasteiger partial charge in [-0.05, 0) is 36.1 Å². The van der Waals surface area contributed by atoms with Crippen molar-refractivity contribution < 1.29 is 4.39 Å². The fourth-order valence-corrected chi connectivity index (χ4v) is 3.27. The van der Waals surface area contributed by atoms with E-state index in [4.69, 9.17) is 9.97 Å². The van der Waals surface area contributed by atoms with E-state index in [0.717, 1.165) is 33.4 Å². The zero-order valence-corrected chi connectivity index (χ0v) is 14.5. The first-order valence-electron chi connectivity index (χ1n) is 8.50. The maximum atomic E-state index is 13.8. The van der Waals surface area contributed by atoms with Crippen LogP contribution in [0.3, 0.4) is 0 Å². The van der Waals surface area contributed by atoms with E-state index in [1.807, 2.05) is 18.2 Å². The molecule has 0 aliphatic heterocycles. The molecule has 0 spiro atoms. The van der Waals surface area contributed by atoms with Crippen molar-refractivity contribution >= 4 is 21.7 Å². The Bertz CT molecular complexity index is 1100. The topological polar surface area (TPSA) is 25.8 Å². The molecule has 2 nitrogen and oxygen atoms in total. The lowest BCUT2D eigenvalue weighted by Crippen LogP contribution is -2.01. The Morgan fingerprint density at radius 3 is 2.32 bits per heavy atom. The van der Waals surface area contributed by atoms with Crippen LogP contribution in [0.5, 0.6) is 0 Å². The van der Waals surface area contributed by atoms with Crippen LogP contribution in [0.25, 0.3) is 32.9 Å². The minimum Gasteiger partial charge on any atom is -0.232 e. The highest BCUT2D eigenvalue weighted by Gasteiger charge is 2.15. The molecule has 4 rings (SSSR count). The van der Waals surface area contributed by atoms with Crippen LogP contribution in [0.2, 0.25) is 0 Å². The lowest BCUT2D eigenvalue weighted by molar-refractivity contribution is 0.628. The highest BCUT2D eigenvalue weighted by atomic mass is 19.1. The van der Waals surface area contributed by atoms with Crippen LogP contribution in [0.1, 0.15) is 31.2 Å². The first-order chi connectivity index (χ1) is 12.0. The second kappa shape index (κ2) is 5.92. The van der Waals surface area contributed by atoms with Crippen LogP contribution in [-0.2, 0) is 0 Å². The Morgan fingerprint density at radius 1 is 0.840 bits per heavy atom. The first-order valence-corrected chi connectivity index (χ1v) is 8.50. The van der Waals surface area contributed by atoms with Crippen molar-refractivity contribution in [3.8, 4) is 11.3 Å². The minimum atomic E-state index is -0.257. The molecule has 3 aromatic carbocycles. The van der Waals surface area contributed by atoms with Crippen molar-refractivity contribution in [2.24, 2.45) is 0 Å². The third kappa shape index (κ3) is 2.66. The Hall–Kier alpha value is -2.81. The lowest BCUT2D eigenvalue weighted by Gasteiger charge is -2.14. The summed E-state index contributed by atoms with van der Waals surface area (Å²) in [6, 6.07) is 17.0. The van der Waals surface area contributed by atoms with Crippen molar-refractivity contribution in [2.45, 2.75) is 26.7 Å². The average molecular weight is 330 g/mol. The maximum Gasteiger partial charge on any atom is 0.132 e. The number of aryl methyl sites for hydroxylation is 1. The van der Waals surface area contributed by atoms with Gasteiger partial charge in [-0.3, -0.25) is 0 Å². The molecule has 0 saturated carbocycles. The van der Waals surface area contributed by atoms with Crippen LogP contribution in [-0.4, -0.2) is 9.97 Å². The number of rotatable bonds is 2. The fourth-order valence-electron chi connectivity index (χ4n) is 3.27. The zero-order chi connectivity index (χ0) is 17.6. The zero-order valence-electron chi connectivity index (χ0n) is 14.5. The summed E-state index contributed by atoms with van der Waals surface area (Å²) in [5.74, 6) is 0.713. The van der Waals surface area contributed by atoms with Gasteiger partial charge in [0, 0.05) is 22.3 Å².